The fraction of sp³-hybridized carbons (Fsp3) is 0.269. The molecule has 3 N–H and O–H groups in total. The van der Waals surface area contributed by atoms with Crippen molar-refractivity contribution in [3.8, 4) is 0 Å². The highest BCUT2D eigenvalue weighted by Crippen LogP contribution is 2.33. The van der Waals surface area contributed by atoms with Crippen LogP contribution < -0.4 is 10.5 Å². The van der Waals surface area contributed by atoms with Crippen molar-refractivity contribution in [3.05, 3.63) is 94.0 Å². The van der Waals surface area contributed by atoms with Crippen LogP contribution in [0.25, 0.3) is 0 Å². The summed E-state index contributed by atoms with van der Waals surface area (Å²) in [7, 11) is -4.06. The van der Waals surface area contributed by atoms with Crippen LogP contribution >= 0.6 is 0 Å². The number of benzene rings is 3. The highest BCUT2D eigenvalue weighted by Gasteiger charge is 2.35. The zero-order chi connectivity index (χ0) is 23.8. The summed E-state index contributed by atoms with van der Waals surface area (Å²) in [5.74, 6) is -0.563. The van der Waals surface area contributed by atoms with Crippen LogP contribution in [0.3, 0.4) is 0 Å². The van der Waals surface area contributed by atoms with E-state index in [0.717, 1.165) is 34.2 Å². The lowest BCUT2D eigenvalue weighted by atomic mass is 9.90. The molecule has 0 spiro atoms. The number of carbonyl (C=O) groups is 1. The van der Waals surface area contributed by atoms with Crippen LogP contribution in [0.2, 0.25) is 0 Å². The maximum Gasteiger partial charge on any atom is 0.264 e. The summed E-state index contributed by atoms with van der Waals surface area (Å²) in [4.78, 5) is 15.5. The van der Waals surface area contributed by atoms with Crippen LogP contribution in [0.5, 0.6) is 0 Å². The summed E-state index contributed by atoms with van der Waals surface area (Å²) in [6.07, 6.45) is 0.797. The monoisotopic (exact) mass is 463 g/mol. The van der Waals surface area contributed by atoms with E-state index in [0.29, 0.717) is 18.8 Å². The number of anilines is 1. The van der Waals surface area contributed by atoms with E-state index in [1.54, 1.807) is 12.1 Å². The lowest BCUT2D eigenvalue weighted by Gasteiger charge is -2.37. The summed E-state index contributed by atoms with van der Waals surface area (Å²) < 4.78 is 28.2. The highest BCUT2D eigenvalue weighted by molar-refractivity contribution is 7.90. The second-order valence-corrected chi connectivity index (χ2v) is 10.4. The molecule has 0 saturated heterocycles. The van der Waals surface area contributed by atoms with E-state index in [-0.39, 0.29) is 4.90 Å². The number of nitrogens with one attached hydrogen (secondary N) is 1. The van der Waals surface area contributed by atoms with Gasteiger partial charge in [0.2, 0.25) is 0 Å². The van der Waals surface area contributed by atoms with Gasteiger partial charge >= 0.3 is 0 Å². The number of carbonyl (C=O) groups excluding carboxylic acids is 1. The fourth-order valence-corrected chi connectivity index (χ4v) is 5.73. The van der Waals surface area contributed by atoms with Gasteiger partial charge < -0.3 is 5.73 Å². The number of rotatable bonds is 5. The number of nitrogen functional groups attached to an aromatic ring is 1. The van der Waals surface area contributed by atoms with Gasteiger partial charge in [0.05, 0.1) is 4.90 Å². The van der Waals surface area contributed by atoms with Crippen molar-refractivity contribution in [3.63, 3.8) is 0 Å². The first kappa shape index (κ1) is 23.0. The Labute approximate surface area is 195 Å². The van der Waals surface area contributed by atoms with Crippen molar-refractivity contribution >= 4 is 21.6 Å². The molecule has 1 atom stereocenters. The molecule has 1 aliphatic rings. The third kappa shape index (κ3) is 4.79. The average Bonchev–Trinajstić information content (AvgIpc) is 2.75. The van der Waals surface area contributed by atoms with Gasteiger partial charge in [0, 0.05) is 18.8 Å². The van der Waals surface area contributed by atoms with Crippen molar-refractivity contribution < 1.29 is 13.2 Å². The number of amides is 1. The summed E-state index contributed by atoms with van der Waals surface area (Å²) >= 11 is 0. The molecule has 3 aromatic rings. The SMILES string of the molecule is Cc1cc(C)c(CN2CCc3ccccc3C2C(=O)NS(=O)(=O)c2cccc(N)c2)c(C)c1. The molecule has 6 nitrogen and oxygen atoms in total. The first-order chi connectivity index (χ1) is 15.7. The Morgan fingerprint density at radius 2 is 1.73 bits per heavy atom. The number of hydrogen-bond donors (Lipinski definition) is 2. The zero-order valence-corrected chi connectivity index (χ0v) is 19.9. The molecule has 0 radical (unpaired) electrons. The minimum atomic E-state index is -4.06. The zero-order valence-electron chi connectivity index (χ0n) is 19.1. The number of hydrogen-bond acceptors (Lipinski definition) is 5. The number of nitrogens with zero attached hydrogens (tertiary/aromatic N) is 1. The van der Waals surface area contributed by atoms with Gasteiger partial charge in [0.25, 0.3) is 15.9 Å². The van der Waals surface area contributed by atoms with Crippen molar-refractivity contribution in [2.75, 3.05) is 12.3 Å². The van der Waals surface area contributed by atoms with Gasteiger partial charge in [-0.3, -0.25) is 9.69 Å². The van der Waals surface area contributed by atoms with Gasteiger partial charge in [-0.15, -0.1) is 0 Å². The Morgan fingerprint density at radius 3 is 2.42 bits per heavy atom. The van der Waals surface area contributed by atoms with Gasteiger partial charge in [-0.2, -0.15) is 0 Å². The van der Waals surface area contributed by atoms with E-state index in [4.69, 9.17) is 5.73 Å². The molecule has 1 amide bonds. The quantitative estimate of drug-likeness (QED) is 0.562. The van der Waals surface area contributed by atoms with Crippen molar-refractivity contribution in [1.82, 2.24) is 9.62 Å². The number of fused-ring (bicyclic) bond motifs is 1. The van der Waals surface area contributed by atoms with Gasteiger partial charge in [-0.25, -0.2) is 13.1 Å². The van der Waals surface area contributed by atoms with E-state index in [2.05, 4.69) is 42.5 Å². The highest BCUT2D eigenvalue weighted by atomic mass is 32.2. The lowest BCUT2D eigenvalue weighted by Crippen LogP contribution is -2.45. The Balaban J connectivity index is 1.69. The molecule has 33 heavy (non-hydrogen) atoms. The van der Waals surface area contributed by atoms with E-state index < -0.39 is 22.0 Å². The van der Waals surface area contributed by atoms with Crippen LogP contribution in [0, 0.1) is 20.8 Å². The normalized spacial score (nSPS) is 16.3. The van der Waals surface area contributed by atoms with Crippen LogP contribution in [-0.4, -0.2) is 25.8 Å². The van der Waals surface area contributed by atoms with Crippen molar-refractivity contribution in [1.29, 1.82) is 0 Å². The predicted octanol–water partition coefficient (Wildman–Crippen LogP) is 3.80. The molecule has 0 saturated carbocycles. The second kappa shape index (κ2) is 9.00. The largest absolute Gasteiger partial charge is 0.399 e. The molecule has 1 aliphatic heterocycles. The molecular formula is C26H29N3O3S. The predicted molar refractivity (Wildman–Crippen MR) is 130 cm³/mol. The molecule has 4 rings (SSSR count). The standard InChI is InChI=1S/C26H29N3O3S/c1-17-13-18(2)24(19(3)14-17)16-29-12-11-20-7-4-5-10-23(20)25(29)26(30)28-33(31,32)22-9-6-8-21(27)15-22/h4-10,13-15,25H,11-12,16,27H2,1-3H3,(H,28,30). The molecule has 172 valence electrons. The summed E-state index contributed by atoms with van der Waals surface area (Å²) in [5, 5.41) is 0. The fourth-order valence-electron chi connectivity index (χ4n) is 4.69. The molecule has 0 bridgehead atoms. The van der Waals surface area contributed by atoms with Gasteiger partial charge in [0.15, 0.2) is 0 Å². The summed E-state index contributed by atoms with van der Waals surface area (Å²) in [6.45, 7) is 7.43. The Bertz CT molecular complexity index is 1290. The average molecular weight is 464 g/mol. The van der Waals surface area contributed by atoms with Crippen LogP contribution in [0.15, 0.2) is 65.6 Å². The topological polar surface area (TPSA) is 92.5 Å². The van der Waals surface area contributed by atoms with Gasteiger partial charge in [0.1, 0.15) is 6.04 Å². The molecule has 1 unspecified atom stereocenters. The molecule has 0 aliphatic carbocycles. The van der Waals surface area contributed by atoms with E-state index in [9.17, 15) is 13.2 Å². The Kier molecular flexibility index (Phi) is 6.28. The van der Waals surface area contributed by atoms with Crippen LogP contribution in [0.1, 0.15) is 39.4 Å². The number of aryl methyl sites for hydroxylation is 3. The summed E-state index contributed by atoms with van der Waals surface area (Å²) in [6, 6.07) is 17.2. The molecule has 1 heterocycles. The van der Waals surface area contributed by atoms with Gasteiger partial charge in [-0.05, 0) is 73.2 Å². The van der Waals surface area contributed by atoms with Crippen molar-refractivity contribution in [2.45, 2.75) is 44.7 Å². The van der Waals surface area contributed by atoms with Gasteiger partial charge in [-0.1, -0.05) is 48.0 Å². The lowest BCUT2D eigenvalue weighted by molar-refractivity contribution is -0.125. The number of nitrogens with two attached hydrogens (primary N) is 1. The first-order valence-electron chi connectivity index (χ1n) is 11.0. The van der Waals surface area contributed by atoms with Crippen LogP contribution in [0.4, 0.5) is 5.69 Å². The minimum Gasteiger partial charge on any atom is -0.399 e. The maximum atomic E-state index is 13.5. The molecule has 0 aromatic heterocycles. The molecular weight excluding hydrogens is 434 g/mol. The second-order valence-electron chi connectivity index (χ2n) is 8.74. The molecule has 7 heteroatoms. The third-order valence-electron chi connectivity index (χ3n) is 6.24. The third-order valence-corrected chi connectivity index (χ3v) is 7.58. The Morgan fingerprint density at radius 1 is 1.03 bits per heavy atom. The first-order valence-corrected chi connectivity index (χ1v) is 12.4. The van der Waals surface area contributed by atoms with E-state index in [1.165, 1.54) is 17.7 Å². The smallest absolute Gasteiger partial charge is 0.264 e. The maximum absolute atomic E-state index is 13.5. The van der Waals surface area contributed by atoms with E-state index >= 15 is 0 Å². The molecule has 0 fully saturated rings. The van der Waals surface area contributed by atoms with Crippen LogP contribution in [-0.2, 0) is 27.8 Å². The Hall–Kier alpha value is -3.16. The number of sulfonamides is 1. The minimum absolute atomic E-state index is 0.0308. The molecule has 3 aromatic carbocycles. The van der Waals surface area contributed by atoms with Crippen molar-refractivity contribution in [2.24, 2.45) is 0 Å². The van der Waals surface area contributed by atoms with E-state index in [1.807, 2.05) is 24.3 Å². The summed E-state index contributed by atoms with van der Waals surface area (Å²) in [5.41, 5.74) is 12.7.